The van der Waals surface area contributed by atoms with Crippen LogP contribution in [-0.2, 0) is 21.8 Å². The number of nitro benzene ring substituents is 1. The molecule has 0 aliphatic heterocycles. The number of nitrogens with zero attached hydrogens (tertiary/aromatic N) is 1. The second-order valence-electron chi connectivity index (χ2n) is 6.16. The Morgan fingerprint density at radius 1 is 1.21 bits per heavy atom. The number of aliphatic hydroxyl groups is 1. The number of nitrogens with one attached hydrogen (secondary N) is 1. The lowest BCUT2D eigenvalue weighted by molar-refractivity contribution is -0.388. The maximum Gasteiger partial charge on any atom is 0.423 e. The highest BCUT2D eigenvalue weighted by molar-refractivity contribution is 7.85. The van der Waals surface area contributed by atoms with Crippen molar-refractivity contribution in [1.29, 1.82) is 0 Å². The number of anilines is 1. The van der Waals surface area contributed by atoms with E-state index in [9.17, 15) is 41.8 Å². The third-order valence-corrected chi connectivity index (χ3v) is 5.36. The molecule has 1 amide bonds. The summed E-state index contributed by atoms with van der Waals surface area (Å²) in [5.41, 5.74) is -5.48. The lowest BCUT2D eigenvalue weighted by atomic mass is 10.1. The Hall–Kier alpha value is -2.86. The maximum atomic E-state index is 13.0. The highest BCUT2D eigenvalue weighted by atomic mass is 32.2. The van der Waals surface area contributed by atoms with E-state index in [1.54, 1.807) is 0 Å². The van der Waals surface area contributed by atoms with Crippen molar-refractivity contribution in [1.82, 2.24) is 0 Å². The molecule has 0 spiro atoms. The first-order chi connectivity index (χ1) is 13.3. The summed E-state index contributed by atoms with van der Waals surface area (Å²) in [5.74, 6) is -2.37. The molecule has 0 saturated carbocycles. The Balaban J connectivity index is 2.20. The number of rotatable bonds is 6. The molecular weight excluding hydrogens is 420 g/mol. The topological polar surface area (TPSA) is 110 Å². The van der Waals surface area contributed by atoms with Crippen molar-refractivity contribution >= 4 is 28.1 Å². The molecule has 0 aliphatic rings. The first kappa shape index (κ1) is 22.4. The molecule has 29 heavy (non-hydrogen) atoms. The summed E-state index contributed by atoms with van der Waals surface area (Å²) >= 11 is 0. The predicted molar refractivity (Wildman–Crippen MR) is 95.0 cm³/mol. The number of hydrogen-bond donors (Lipinski definition) is 2. The average Bonchev–Trinajstić information content (AvgIpc) is 2.60. The Bertz CT molecular complexity index is 961. The zero-order valence-electron chi connectivity index (χ0n) is 14.7. The van der Waals surface area contributed by atoms with Gasteiger partial charge in [0.05, 0.1) is 21.5 Å². The van der Waals surface area contributed by atoms with Gasteiger partial charge in [-0.2, -0.15) is 13.2 Å². The summed E-state index contributed by atoms with van der Waals surface area (Å²) < 4.78 is 64.2. The third kappa shape index (κ3) is 5.57. The summed E-state index contributed by atoms with van der Waals surface area (Å²) in [5, 5.41) is 23.1. The first-order valence-electron chi connectivity index (χ1n) is 7.84. The highest BCUT2D eigenvalue weighted by Gasteiger charge is 2.39. The summed E-state index contributed by atoms with van der Waals surface area (Å²) in [7, 11) is -1.91. The molecule has 2 rings (SSSR count). The number of amides is 1. The van der Waals surface area contributed by atoms with Crippen LogP contribution in [0.2, 0.25) is 0 Å². The van der Waals surface area contributed by atoms with Gasteiger partial charge in [0.2, 0.25) is 0 Å². The first-order valence-corrected chi connectivity index (χ1v) is 9.16. The molecule has 1 unspecified atom stereocenters. The van der Waals surface area contributed by atoms with E-state index in [1.165, 1.54) is 12.1 Å². The number of carbonyl (C=O) groups excluding carboxylic acids is 1. The highest BCUT2D eigenvalue weighted by Crippen LogP contribution is 2.37. The van der Waals surface area contributed by atoms with Crippen molar-refractivity contribution in [2.45, 2.75) is 23.6 Å². The van der Waals surface area contributed by atoms with Crippen LogP contribution in [0, 0.1) is 15.9 Å². The van der Waals surface area contributed by atoms with Gasteiger partial charge >= 0.3 is 6.18 Å². The molecule has 0 saturated heterocycles. The van der Waals surface area contributed by atoms with Crippen LogP contribution in [0.1, 0.15) is 12.5 Å². The number of benzene rings is 2. The monoisotopic (exact) mass is 434 g/mol. The van der Waals surface area contributed by atoms with Gasteiger partial charge in [-0.15, -0.1) is 0 Å². The van der Waals surface area contributed by atoms with Gasteiger partial charge < -0.3 is 10.4 Å². The summed E-state index contributed by atoms with van der Waals surface area (Å²) in [4.78, 5) is 21.9. The number of nitro groups is 1. The van der Waals surface area contributed by atoms with Crippen molar-refractivity contribution in [2.24, 2.45) is 0 Å². The Labute approximate surface area is 164 Å². The molecule has 7 nitrogen and oxygen atoms in total. The molecule has 2 atom stereocenters. The average molecular weight is 434 g/mol. The molecule has 156 valence electrons. The molecule has 0 aliphatic carbocycles. The second-order valence-corrected chi connectivity index (χ2v) is 7.61. The summed E-state index contributed by atoms with van der Waals surface area (Å²) in [6.07, 6.45) is -5.05. The second kappa shape index (κ2) is 8.25. The van der Waals surface area contributed by atoms with Crippen molar-refractivity contribution in [3.05, 3.63) is 64.0 Å². The van der Waals surface area contributed by atoms with Crippen molar-refractivity contribution < 1.29 is 36.6 Å². The van der Waals surface area contributed by atoms with Gasteiger partial charge in [0.1, 0.15) is 11.4 Å². The number of alkyl halides is 3. The lowest BCUT2D eigenvalue weighted by Gasteiger charge is -2.22. The van der Waals surface area contributed by atoms with E-state index in [4.69, 9.17) is 0 Å². The molecule has 2 N–H and O–H groups in total. The number of halogens is 4. The van der Waals surface area contributed by atoms with Crippen LogP contribution in [0.4, 0.5) is 28.9 Å². The van der Waals surface area contributed by atoms with Crippen LogP contribution in [0.5, 0.6) is 0 Å². The summed E-state index contributed by atoms with van der Waals surface area (Å²) in [6.45, 7) is 1.000. The fourth-order valence-corrected chi connectivity index (χ4v) is 3.50. The van der Waals surface area contributed by atoms with Crippen LogP contribution in [-0.4, -0.2) is 31.5 Å². The van der Waals surface area contributed by atoms with E-state index in [2.05, 4.69) is 0 Å². The number of carbonyl (C=O) groups is 1. The molecular formula is C17H14F4N2O5S. The molecule has 2 aromatic carbocycles. The van der Waals surface area contributed by atoms with Crippen LogP contribution in [0.25, 0.3) is 0 Å². The lowest BCUT2D eigenvalue weighted by Crippen LogP contribution is -2.44. The van der Waals surface area contributed by atoms with Gasteiger partial charge in [-0.05, 0) is 43.3 Å². The molecule has 2 aromatic rings. The molecule has 0 radical (unpaired) electrons. The van der Waals surface area contributed by atoms with Crippen LogP contribution < -0.4 is 5.32 Å². The molecule has 12 heteroatoms. The van der Waals surface area contributed by atoms with Gasteiger partial charge in [-0.25, -0.2) is 4.39 Å². The van der Waals surface area contributed by atoms with Crippen LogP contribution in [0.3, 0.4) is 0 Å². The number of hydrogen-bond acceptors (Lipinski definition) is 5. The standard InChI is InChI=1S/C17H14F4N2O5S/c1-16(25,9-29(28)12-5-2-10(18)3-6-12)15(24)22-11-4-7-14(23(26)27)13(8-11)17(19,20)21/h2-8,25H,9H2,1H3,(H,22,24)/t16-,29?/m0/s1. The van der Waals surface area contributed by atoms with E-state index < -0.39 is 61.9 Å². The normalized spacial score (nSPS) is 14.7. The van der Waals surface area contributed by atoms with E-state index >= 15 is 0 Å². The third-order valence-electron chi connectivity index (χ3n) is 3.73. The minimum Gasteiger partial charge on any atom is -0.379 e. The minimum absolute atomic E-state index is 0.133. The van der Waals surface area contributed by atoms with E-state index in [1.807, 2.05) is 5.32 Å². The fraction of sp³-hybridized carbons (Fsp3) is 0.235. The SMILES string of the molecule is C[C@](O)(CS(=O)c1ccc(F)cc1)C(=O)Nc1ccc([N+](=O)[O-])c(C(F)(F)F)c1. The van der Waals surface area contributed by atoms with Crippen LogP contribution >= 0.6 is 0 Å². The Kier molecular flexibility index (Phi) is 6.38. The molecule has 0 heterocycles. The maximum absolute atomic E-state index is 13.0. The Morgan fingerprint density at radius 3 is 2.31 bits per heavy atom. The molecule has 0 aromatic heterocycles. The zero-order chi connectivity index (χ0) is 22.0. The Morgan fingerprint density at radius 2 is 1.79 bits per heavy atom. The van der Waals surface area contributed by atoms with Gasteiger partial charge in [0.25, 0.3) is 11.6 Å². The van der Waals surface area contributed by atoms with Gasteiger partial charge in [-0.3, -0.25) is 19.1 Å². The minimum atomic E-state index is -5.05. The van der Waals surface area contributed by atoms with Gasteiger partial charge in [0.15, 0.2) is 5.60 Å². The van der Waals surface area contributed by atoms with Crippen molar-refractivity contribution in [2.75, 3.05) is 11.1 Å². The smallest absolute Gasteiger partial charge is 0.379 e. The van der Waals surface area contributed by atoms with E-state index in [0.717, 1.165) is 25.1 Å². The van der Waals surface area contributed by atoms with E-state index in [-0.39, 0.29) is 4.90 Å². The molecule has 0 bridgehead atoms. The quantitative estimate of drug-likeness (QED) is 0.412. The van der Waals surface area contributed by atoms with Crippen molar-refractivity contribution in [3.63, 3.8) is 0 Å². The van der Waals surface area contributed by atoms with Crippen LogP contribution in [0.15, 0.2) is 47.4 Å². The zero-order valence-corrected chi connectivity index (χ0v) is 15.5. The molecule has 0 fully saturated rings. The summed E-state index contributed by atoms with van der Waals surface area (Å²) in [6, 6.07) is 6.29. The van der Waals surface area contributed by atoms with E-state index in [0.29, 0.717) is 12.1 Å². The van der Waals surface area contributed by atoms with Crippen molar-refractivity contribution in [3.8, 4) is 0 Å². The largest absolute Gasteiger partial charge is 0.423 e. The van der Waals surface area contributed by atoms with Gasteiger partial charge in [0, 0.05) is 16.6 Å². The fourth-order valence-electron chi connectivity index (χ4n) is 2.26. The predicted octanol–water partition coefficient (Wildman–Crippen LogP) is 3.25. The van der Waals surface area contributed by atoms with Gasteiger partial charge in [-0.1, -0.05) is 0 Å².